The lowest BCUT2D eigenvalue weighted by Gasteiger charge is -2.13. The van der Waals surface area contributed by atoms with Crippen LogP contribution in [0.5, 0.6) is 0 Å². The van der Waals surface area contributed by atoms with Gasteiger partial charge in [0.1, 0.15) is 0 Å². The predicted molar refractivity (Wildman–Crippen MR) is 51.9 cm³/mol. The second kappa shape index (κ2) is 4.46. The molecule has 1 heterocycles. The van der Waals surface area contributed by atoms with E-state index in [4.69, 9.17) is 11.6 Å². The fourth-order valence-electron chi connectivity index (χ4n) is 1.33. The number of hydrogen-bond donors (Lipinski definition) is 2. The largest absolute Gasteiger partial charge is 0.390 e. The van der Waals surface area contributed by atoms with Crippen molar-refractivity contribution in [3.63, 3.8) is 0 Å². The highest BCUT2D eigenvalue weighted by atomic mass is 35.5. The van der Waals surface area contributed by atoms with Gasteiger partial charge in [0.2, 0.25) is 5.91 Å². The number of amides is 1. The molecule has 0 spiro atoms. The molecule has 1 aliphatic heterocycles. The molecule has 1 aliphatic rings. The maximum atomic E-state index is 11.1. The number of alkyl halides is 1. The third-order valence-corrected chi connectivity index (χ3v) is 3.90. The average molecular weight is 242 g/mol. The molecule has 1 saturated heterocycles. The van der Waals surface area contributed by atoms with Gasteiger partial charge >= 0.3 is 0 Å². The molecule has 0 saturated carbocycles. The number of aliphatic hydroxyl groups is 1. The standard InChI is InChI=1S/C7H12ClNO4S/c8-2-1-7(11)9-5-3-14(12,13)4-6(5)10/h5-6,10H,1-4H2,(H,9,11)/t5-,6+/m1/s1. The zero-order valence-electron chi connectivity index (χ0n) is 7.44. The van der Waals surface area contributed by atoms with Crippen LogP contribution in [-0.4, -0.2) is 49.0 Å². The lowest BCUT2D eigenvalue weighted by atomic mass is 10.2. The van der Waals surface area contributed by atoms with Crippen molar-refractivity contribution in [3.05, 3.63) is 0 Å². The molecule has 7 heteroatoms. The van der Waals surface area contributed by atoms with Gasteiger partial charge in [-0.2, -0.15) is 0 Å². The topological polar surface area (TPSA) is 83.5 Å². The predicted octanol–water partition coefficient (Wildman–Crippen LogP) is -1.11. The summed E-state index contributed by atoms with van der Waals surface area (Å²) in [5.41, 5.74) is 0. The molecule has 0 unspecified atom stereocenters. The van der Waals surface area contributed by atoms with Gasteiger partial charge in [0, 0.05) is 12.3 Å². The highest BCUT2D eigenvalue weighted by molar-refractivity contribution is 7.91. The van der Waals surface area contributed by atoms with Crippen molar-refractivity contribution in [2.75, 3.05) is 17.4 Å². The van der Waals surface area contributed by atoms with Crippen LogP contribution in [0.1, 0.15) is 6.42 Å². The summed E-state index contributed by atoms with van der Waals surface area (Å²) in [5.74, 6) is -0.622. The number of nitrogens with one attached hydrogen (secondary N) is 1. The van der Waals surface area contributed by atoms with Crippen LogP contribution < -0.4 is 5.32 Å². The quantitative estimate of drug-likeness (QED) is 0.614. The van der Waals surface area contributed by atoms with Gasteiger partial charge in [0.05, 0.1) is 23.7 Å². The minimum Gasteiger partial charge on any atom is -0.390 e. The summed E-state index contributed by atoms with van der Waals surface area (Å²) in [6, 6.07) is -0.685. The number of sulfone groups is 1. The van der Waals surface area contributed by atoms with Gasteiger partial charge in [-0.3, -0.25) is 4.79 Å². The summed E-state index contributed by atoms with van der Waals surface area (Å²) in [5, 5.41) is 11.7. The number of carbonyl (C=O) groups excluding carboxylic acids is 1. The van der Waals surface area contributed by atoms with E-state index in [9.17, 15) is 18.3 Å². The molecule has 0 aliphatic carbocycles. The Balaban J connectivity index is 2.51. The van der Waals surface area contributed by atoms with Crippen LogP contribution in [0.4, 0.5) is 0 Å². The third-order valence-electron chi connectivity index (χ3n) is 1.99. The van der Waals surface area contributed by atoms with E-state index in [1.54, 1.807) is 0 Å². The molecule has 0 aromatic rings. The molecule has 0 bridgehead atoms. The Kier molecular flexibility index (Phi) is 3.74. The highest BCUT2D eigenvalue weighted by Gasteiger charge is 2.36. The van der Waals surface area contributed by atoms with E-state index in [-0.39, 0.29) is 29.7 Å². The van der Waals surface area contributed by atoms with Gasteiger partial charge in [-0.05, 0) is 0 Å². The van der Waals surface area contributed by atoms with Gasteiger partial charge < -0.3 is 10.4 Å². The van der Waals surface area contributed by atoms with Gasteiger partial charge in [-0.15, -0.1) is 11.6 Å². The van der Waals surface area contributed by atoms with Gasteiger partial charge in [0.25, 0.3) is 0 Å². The van der Waals surface area contributed by atoms with Crippen LogP contribution >= 0.6 is 11.6 Å². The van der Waals surface area contributed by atoms with Crippen LogP contribution in [0.15, 0.2) is 0 Å². The Morgan fingerprint density at radius 2 is 2.14 bits per heavy atom. The fourth-order valence-corrected chi connectivity index (χ4v) is 3.24. The van der Waals surface area contributed by atoms with E-state index in [1.807, 2.05) is 0 Å². The first kappa shape index (κ1) is 11.7. The second-order valence-corrected chi connectivity index (χ2v) is 5.79. The Hall–Kier alpha value is -0.330. The lowest BCUT2D eigenvalue weighted by Crippen LogP contribution is -2.42. The van der Waals surface area contributed by atoms with E-state index < -0.39 is 22.0 Å². The van der Waals surface area contributed by atoms with E-state index in [0.29, 0.717) is 0 Å². The maximum Gasteiger partial charge on any atom is 0.221 e. The van der Waals surface area contributed by atoms with E-state index in [0.717, 1.165) is 0 Å². The summed E-state index contributed by atoms with van der Waals surface area (Å²) >= 11 is 5.33. The van der Waals surface area contributed by atoms with E-state index in [2.05, 4.69) is 5.32 Å². The van der Waals surface area contributed by atoms with Crippen molar-refractivity contribution in [1.82, 2.24) is 5.32 Å². The second-order valence-electron chi connectivity index (χ2n) is 3.26. The lowest BCUT2D eigenvalue weighted by molar-refractivity contribution is -0.121. The number of carbonyl (C=O) groups is 1. The molecule has 0 aromatic carbocycles. The van der Waals surface area contributed by atoms with Gasteiger partial charge in [-0.25, -0.2) is 8.42 Å². The normalized spacial score (nSPS) is 30.1. The van der Waals surface area contributed by atoms with Crippen molar-refractivity contribution in [2.24, 2.45) is 0 Å². The molecule has 2 N–H and O–H groups in total. The van der Waals surface area contributed by atoms with Crippen molar-refractivity contribution in [2.45, 2.75) is 18.6 Å². The summed E-state index contributed by atoms with van der Waals surface area (Å²) < 4.78 is 22.1. The first-order chi connectivity index (χ1) is 6.44. The smallest absolute Gasteiger partial charge is 0.221 e. The summed E-state index contributed by atoms with van der Waals surface area (Å²) in [6.07, 6.45) is -0.871. The zero-order valence-corrected chi connectivity index (χ0v) is 9.01. The molecular weight excluding hydrogens is 230 g/mol. The van der Waals surface area contributed by atoms with Crippen LogP contribution in [0.3, 0.4) is 0 Å². The molecule has 1 fully saturated rings. The molecule has 0 aromatic heterocycles. The molecule has 82 valence electrons. The Bertz CT molecular complexity index is 316. The maximum absolute atomic E-state index is 11.1. The molecule has 1 amide bonds. The SMILES string of the molecule is O=C(CCCl)N[C@@H]1CS(=O)(=O)C[C@@H]1O. The van der Waals surface area contributed by atoms with Crippen molar-refractivity contribution in [1.29, 1.82) is 0 Å². The van der Waals surface area contributed by atoms with Crippen LogP contribution in [-0.2, 0) is 14.6 Å². The average Bonchev–Trinajstić information content (AvgIpc) is 2.25. The minimum atomic E-state index is -3.20. The van der Waals surface area contributed by atoms with Gasteiger partial charge in [0.15, 0.2) is 9.84 Å². The van der Waals surface area contributed by atoms with Gasteiger partial charge in [-0.1, -0.05) is 0 Å². The number of aliphatic hydroxyl groups excluding tert-OH is 1. The molecule has 0 radical (unpaired) electrons. The van der Waals surface area contributed by atoms with Crippen LogP contribution in [0.2, 0.25) is 0 Å². The van der Waals surface area contributed by atoms with Crippen LogP contribution in [0, 0.1) is 0 Å². The zero-order chi connectivity index (χ0) is 10.8. The number of rotatable bonds is 3. The summed E-state index contributed by atoms with van der Waals surface area (Å²) in [4.78, 5) is 11.1. The van der Waals surface area contributed by atoms with E-state index >= 15 is 0 Å². The third kappa shape index (κ3) is 3.11. The number of hydrogen-bond acceptors (Lipinski definition) is 4. The highest BCUT2D eigenvalue weighted by Crippen LogP contribution is 2.12. The molecule has 2 atom stereocenters. The summed E-state index contributed by atoms with van der Waals surface area (Å²) in [6.45, 7) is 0. The first-order valence-corrected chi connectivity index (χ1v) is 6.54. The Morgan fingerprint density at radius 3 is 2.57 bits per heavy atom. The Labute approximate surface area is 87.4 Å². The van der Waals surface area contributed by atoms with Crippen LogP contribution in [0.25, 0.3) is 0 Å². The van der Waals surface area contributed by atoms with Crippen molar-refractivity contribution >= 4 is 27.3 Å². The first-order valence-electron chi connectivity index (χ1n) is 4.18. The number of halogens is 1. The molecule has 14 heavy (non-hydrogen) atoms. The molecule has 5 nitrogen and oxygen atoms in total. The minimum absolute atomic E-state index is 0.130. The monoisotopic (exact) mass is 241 g/mol. The Morgan fingerprint density at radius 1 is 1.50 bits per heavy atom. The van der Waals surface area contributed by atoms with Crippen molar-refractivity contribution in [3.8, 4) is 0 Å². The summed E-state index contributed by atoms with van der Waals surface area (Å²) in [7, 11) is -3.20. The van der Waals surface area contributed by atoms with E-state index in [1.165, 1.54) is 0 Å². The molecule has 1 rings (SSSR count). The van der Waals surface area contributed by atoms with Crippen molar-refractivity contribution < 1.29 is 18.3 Å². The molecular formula is C7H12ClNO4S. The fraction of sp³-hybridized carbons (Fsp3) is 0.857.